The quantitative estimate of drug-likeness (QED) is 0.246. The Labute approximate surface area is 275 Å². The zero-order valence-corrected chi connectivity index (χ0v) is 30.3. The number of aryl methyl sites for hydroxylation is 4. The van der Waals surface area contributed by atoms with E-state index in [1.807, 2.05) is 0 Å². The maximum atomic E-state index is 2.63. The topological polar surface area (TPSA) is 0 Å². The monoisotopic (exact) mass is 682 g/mol. The second-order valence-corrected chi connectivity index (χ2v) is 24.5. The summed E-state index contributed by atoms with van der Waals surface area (Å²) in [6.45, 7) is 13.7. The first kappa shape index (κ1) is 32.2. The maximum absolute atomic E-state index is 2.69. The van der Waals surface area contributed by atoms with Crippen molar-refractivity contribution in [3.63, 3.8) is 0 Å². The van der Waals surface area contributed by atoms with E-state index in [1.54, 1.807) is 22.3 Å². The van der Waals surface area contributed by atoms with E-state index in [4.69, 9.17) is 0 Å². The molecule has 2 aliphatic carbocycles. The number of fused-ring (bicyclic) bond motifs is 2. The van der Waals surface area contributed by atoms with Crippen molar-refractivity contribution in [1.29, 1.82) is 0 Å². The molecular formula is C40H42Cl2Zr. The molecule has 0 radical (unpaired) electrons. The molecule has 0 N–H and O–H groups in total. The standard InChI is InChI=1S/2C19H19.C2H4.2ClH.Zr/c2*1-4-15-11-16-6-5-7-18(19(16)12-15)17-9-13(2)8-14(3)10-17;1-2;;;/h2*5-12H,4H2,1-3H3;1-2H2;2*1H;/q;;;;;+2/p-2. The molecule has 43 heavy (non-hydrogen) atoms. The Hall–Kier alpha value is -2.18. The fourth-order valence-electron chi connectivity index (χ4n) is 8.55. The molecule has 220 valence electrons. The largest absolute Gasteiger partial charge is 1.00 e. The summed E-state index contributed by atoms with van der Waals surface area (Å²) in [5.41, 5.74) is 20.8. The van der Waals surface area contributed by atoms with Gasteiger partial charge in [0.1, 0.15) is 0 Å². The summed E-state index contributed by atoms with van der Waals surface area (Å²) in [5.74, 6) is 0. The van der Waals surface area contributed by atoms with Gasteiger partial charge in [-0.05, 0) is 0 Å². The molecule has 0 nitrogen and oxygen atoms in total. The molecule has 0 saturated carbocycles. The average Bonchev–Trinajstić information content (AvgIpc) is 3.47. The summed E-state index contributed by atoms with van der Waals surface area (Å²) in [6.07, 6.45) is 7.58. The van der Waals surface area contributed by atoms with Crippen LogP contribution in [0, 0.1) is 27.7 Å². The third-order valence-electron chi connectivity index (χ3n) is 10.2. The molecule has 4 aromatic carbocycles. The molecule has 1 aliphatic heterocycles. The van der Waals surface area contributed by atoms with Crippen LogP contribution in [0.4, 0.5) is 0 Å². The minimum atomic E-state index is -2.69. The van der Waals surface area contributed by atoms with Crippen LogP contribution in [0.5, 0.6) is 0 Å². The zero-order chi connectivity index (χ0) is 28.5. The molecule has 1 heterocycles. The van der Waals surface area contributed by atoms with Crippen molar-refractivity contribution < 1.29 is 45.1 Å². The second kappa shape index (κ2) is 12.3. The van der Waals surface area contributed by atoms with Crippen molar-refractivity contribution in [2.75, 3.05) is 0 Å². The normalized spacial score (nSPS) is 18.3. The van der Waals surface area contributed by atoms with Gasteiger partial charge >= 0.3 is 253 Å². The molecule has 2 atom stereocenters. The van der Waals surface area contributed by atoms with Crippen molar-refractivity contribution >= 4 is 12.2 Å². The predicted molar refractivity (Wildman–Crippen MR) is 174 cm³/mol. The first-order chi connectivity index (χ1) is 19.8. The molecule has 0 aromatic heterocycles. The van der Waals surface area contributed by atoms with Gasteiger partial charge in [0.2, 0.25) is 0 Å². The summed E-state index contributed by atoms with van der Waals surface area (Å²) in [6, 6.07) is 28.5. The minimum absolute atomic E-state index is 0. The molecule has 0 spiro atoms. The Morgan fingerprint density at radius 3 is 1.26 bits per heavy atom. The molecular weight excluding hydrogens is 643 g/mol. The Morgan fingerprint density at radius 1 is 0.558 bits per heavy atom. The Balaban J connectivity index is 0.00000184. The molecule has 1 saturated heterocycles. The first-order valence-corrected chi connectivity index (χ1v) is 22.0. The van der Waals surface area contributed by atoms with Crippen LogP contribution in [0.3, 0.4) is 0 Å². The minimum Gasteiger partial charge on any atom is -1.00 e. The zero-order valence-electron chi connectivity index (χ0n) is 26.3. The van der Waals surface area contributed by atoms with Crippen molar-refractivity contribution in [3.8, 4) is 22.3 Å². The SMILES string of the molecule is CCC1=Cc2c(-c3cc(C)cc(C)c3)cccc2[CH]1[Zr+2]1([CH]2C(CC)=Cc3c(-c4cc(C)cc(C)c4)cccc32)[CH2][CH2]1.[Cl-].[Cl-]. The number of rotatable bonds is 6. The van der Waals surface area contributed by atoms with Crippen molar-refractivity contribution in [3.05, 3.63) is 128 Å². The van der Waals surface area contributed by atoms with Gasteiger partial charge in [0, 0.05) is 0 Å². The van der Waals surface area contributed by atoms with E-state index >= 15 is 0 Å². The predicted octanol–water partition coefficient (Wildman–Crippen LogP) is 5.66. The van der Waals surface area contributed by atoms with E-state index in [-0.39, 0.29) is 24.8 Å². The van der Waals surface area contributed by atoms with Gasteiger partial charge in [-0.1, -0.05) is 0 Å². The Morgan fingerprint density at radius 2 is 0.930 bits per heavy atom. The van der Waals surface area contributed by atoms with Crippen LogP contribution in [0.15, 0.2) is 83.9 Å². The number of benzene rings is 4. The number of halogens is 2. The average molecular weight is 685 g/mol. The molecule has 1 fully saturated rings. The van der Waals surface area contributed by atoms with Crippen molar-refractivity contribution in [1.82, 2.24) is 0 Å². The van der Waals surface area contributed by atoms with Crippen molar-refractivity contribution in [2.24, 2.45) is 0 Å². The summed E-state index contributed by atoms with van der Waals surface area (Å²) in [5, 5.41) is 0. The second-order valence-electron chi connectivity index (χ2n) is 13.1. The van der Waals surface area contributed by atoms with Crippen LogP contribution in [0.25, 0.3) is 34.4 Å². The van der Waals surface area contributed by atoms with Gasteiger partial charge in [0.05, 0.1) is 0 Å². The summed E-state index contributed by atoms with van der Waals surface area (Å²) in [4.78, 5) is 0. The number of hydrogen-bond acceptors (Lipinski definition) is 0. The van der Waals surface area contributed by atoms with Crippen molar-refractivity contribution in [2.45, 2.75) is 69.9 Å². The van der Waals surface area contributed by atoms with E-state index in [2.05, 4.69) is 126 Å². The molecule has 7 rings (SSSR count). The number of hydrogen-bond donors (Lipinski definition) is 0. The molecule has 0 amide bonds. The Kier molecular flexibility index (Phi) is 9.23. The summed E-state index contributed by atoms with van der Waals surface area (Å²) >= 11 is -2.69. The van der Waals surface area contributed by atoms with Crippen LogP contribution >= 0.6 is 0 Å². The maximum Gasteiger partial charge on any atom is -1.00 e. The van der Waals surface area contributed by atoms with Crippen LogP contribution < -0.4 is 24.8 Å². The summed E-state index contributed by atoms with van der Waals surface area (Å²) in [7, 11) is 0. The van der Waals surface area contributed by atoms with E-state index in [9.17, 15) is 0 Å². The van der Waals surface area contributed by atoms with Gasteiger partial charge in [-0.3, -0.25) is 0 Å². The van der Waals surface area contributed by atoms with Crippen LogP contribution in [0.1, 0.15) is 78.4 Å². The van der Waals surface area contributed by atoms with Crippen LogP contribution in [0.2, 0.25) is 8.26 Å². The van der Waals surface area contributed by atoms with Gasteiger partial charge in [0.25, 0.3) is 0 Å². The Bertz CT molecular complexity index is 1600. The van der Waals surface area contributed by atoms with Gasteiger partial charge < -0.3 is 24.8 Å². The van der Waals surface area contributed by atoms with E-state index in [0.717, 1.165) is 12.8 Å². The van der Waals surface area contributed by atoms with Crippen LogP contribution in [-0.4, -0.2) is 0 Å². The van der Waals surface area contributed by atoms with E-state index in [1.165, 1.54) is 63.9 Å². The van der Waals surface area contributed by atoms with E-state index < -0.39 is 20.3 Å². The molecule has 0 bridgehead atoms. The molecule has 3 aliphatic rings. The van der Waals surface area contributed by atoms with Gasteiger partial charge in [-0.2, -0.15) is 0 Å². The summed E-state index contributed by atoms with van der Waals surface area (Å²) < 4.78 is 4.43. The fraction of sp³-hybridized carbons (Fsp3) is 0.300. The smallest absolute Gasteiger partial charge is 1.00 e. The third kappa shape index (κ3) is 5.39. The third-order valence-corrected chi connectivity index (χ3v) is 23.2. The molecule has 3 heteroatoms. The van der Waals surface area contributed by atoms with Gasteiger partial charge in [-0.25, -0.2) is 0 Å². The van der Waals surface area contributed by atoms with E-state index in [0.29, 0.717) is 7.25 Å². The molecule has 2 unspecified atom stereocenters. The van der Waals surface area contributed by atoms with Gasteiger partial charge in [0.15, 0.2) is 0 Å². The first-order valence-electron chi connectivity index (χ1n) is 15.7. The number of allylic oxidation sites excluding steroid dienone is 2. The fourth-order valence-corrected chi connectivity index (χ4v) is 26.4. The molecule has 4 aromatic rings. The van der Waals surface area contributed by atoms with Gasteiger partial charge in [-0.15, -0.1) is 0 Å². The van der Waals surface area contributed by atoms with Crippen LogP contribution in [-0.2, 0) is 20.3 Å².